The van der Waals surface area contributed by atoms with Gasteiger partial charge in [0, 0.05) is 142 Å². The molecule has 0 spiro atoms. The van der Waals surface area contributed by atoms with Gasteiger partial charge in [-0.2, -0.15) is 0 Å². The summed E-state index contributed by atoms with van der Waals surface area (Å²) < 4.78 is 76.2. The molecule has 0 saturated heterocycles. The van der Waals surface area contributed by atoms with Crippen molar-refractivity contribution in [2.45, 2.75) is 38.0 Å². The Labute approximate surface area is 807 Å². The zero-order valence-electron chi connectivity index (χ0n) is 74.8. The molecule has 2 N–H and O–H groups in total. The van der Waals surface area contributed by atoms with Crippen LogP contribution in [0.3, 0.4) is 0 Å². The second-order valence-electron chi connectivity index (χ2n) is 32.0. The Morgan fingerprint density at radius 2 is 0.479 bits per heavy atom. The Morgan fingerprint density at radius 3 is 0.704 bits per heavy atom. The summed E-state index contributed by atoms with van der Waals surface area (Å²) in [6.07, 6.45) is 9.08. The van der Waals surface area contributed by atoms with Crippen LogP contribution >= 0.6 is 0 Å². The maximum Gasteiger partial charge on any atom is 0.335 e. The summed E-state index contributed by atoms with van der Waals surface area (Å²) in [7, 11) is 0. The van der Waals surface area contributed by atoms with Gasteiger partial charge in [0.05, 0.1) is 22.3 Å². The van der Waals surface area contributed by atoms with Crippen molar-refractivity contribution < 1.29 is 105 Å². The fraction of sp³-hybridized carbons (Fsp3) is 0.0536. The minimum atomic E-state index is -1.60. The summed E-state index contributed by atoms with van der Waals surface area (Å²) in [6.45, 7) is 13.9. The number of carbonyl (C=O) groups is 10. The van der Waals surface area contributed by atoms with Crippen LogP contribution in [0.2, 0.25) is 0 Å². The summed E-state index contributed by atoms with van der Waals surface area (Å²) in [5.41, 5.74) is 1.72. The highest BCUT2D eigenvalue weighted by molar-refractivity contribution is 6.45. The number of hydrogen-bond donors (Lipinski definition) is 2. The lowest BCUT2D eigenvalue weighted by Gasteiger charge is -2.36. The molecule has 30 nitrogen and oxygen atoms in total. The molecule has 0 bridgehead atoms. The normalized spacial score (nSPS) is 12.3. The Bertz CT molecular complexity index is 7100. The Balaban J connectivity index is 0.892. The molecule has 4 aromatic heterocycles. The molecule has 0 saturated carbocycles. The molecule has 17 aromatic rings. The molecule has 2 unspecified atom stereocenters. The average molecular weight is 1890 g/mol. The molecule has 0 radical (unpaired) electrons. The largest absolute Gasteiger partial charge is 0.457 e. The molecule has 6 heterocycles. The molecule has 30 heteroatoms. The smallest absolute Gasteiger partial charge is 0.335 e. The first kappa shape index (κ1) is 91.3. The first-order chi connectivity index (χ1) is 69.2. The van der Waals surface area contributed by atoms with Gasteiger partial charge in [0.15, 0.2) is 0 Å². The molecule has 6 amide bonds. The van der Waals surface area contributed by atoms with Gasteiger partial charge in [0.1, 0.15) is 104 Å². The maximum absolute atomic E-state index is 17.1. The fourth-order valence-electron chi connectivity index (χ4n) is 16.5. The summed E-state index contributed by atoms with van der Waals surface area (Å²) in [5, 5.41) is 6.08. The molecule has 2 atom stereocenters. The van der Waals surface area contributed by atoms with Gasteiger partial charge < -0.3 is 67.5 Å². The van der Waals surface area contributed by atoms with Crippen molar-refractivity contribution in [3.8, 4) is 116 Å². The van der Waals surface area contributed by atoms with E-state index in [0.29, 0.717) is 22.3 Å². The SMILES string of the molecule is C=CC(=O)Oc1ccnc(Oc2ccc(Oc3cc4c5c(cc(Oc6ccc(Oc7cc(OC(=O)C=C)ccn7)cc6)c6c7c(Oc8ccc(Oc9cc(OC(=O)C=C)ccn9)cc8)cc8c9c(cc(Oc%10ccc(Oc%11cc(OC(=O)C=C)ccn%11)cc%10)c(c3c56)c97)C(=O)N(C(Cc3ccccc3)C(=O)NCc3ccccc3)C8=O)C(=O)N(C(Cc3ccccc3)C(=O)NCc3ccccc3)C4=O)cc2)c1. The second kappa shape index (κ2) is 40.4. The number of nitrogens with zero attached hydrogens (tertiary/aromatic N) is 6. The van der Waals surface area contributed by atoms with Gasteiger partial charge in [-0.1, -0.05) is 148 Å². The van der Waals surface area contributed by atoms with E-state index in [9.17, 15) is 19.2 Å². The molecule has 19 rings (SSSR count). The van der Waals surface area contributed by atoms with Crippen LogP contribution in [-0.4, -0.2) is 101 Å². The molecule has 142 heavy (non-hydrogen) atoms. The number of rotatable bonds is 36. The number of esters is 4. The quantitative estimate of drug-likeness (QED) is 0.0121. The average Bonchev–Trinajstić information content (AvgIpc) is 0.668. The van der Waals surface area contributed by atoms with E-state index in [1.807, 2.05) is 36.4 Å². The zero-order valence-corrected chi connectivity index (χ0v) is 74.8. The fourth-order valence-corrected chi connectivity index (χ4v) is 16.5. The third kappa shape index (κ3) is 19.7. The van der Waals surface area contributed by atoms with Crippen molar-refractivity contribution in [2.75, 3.05) is 0 Å². The van der Waals surface area contributed by atoms with Gasteiger partial charge >= 0.3 is 23.9 Å². The van der Waals surface area contributed by atoms with Gasteiger partial charge in [0.25, 0.3) is 23.6 Å². The standard InChI is InChI=1S/C112H76N8O22/c1-5-95(121)139-77-45-49-113-91(55-77)135-73-37-29-69(30-38-73)131-87-59-81-99-82(110(128)119(109(81)127)85(53-65-21-13-9-14-22-65)107(125)117-63-67-25-17-11-18-26-67)61-89(133-71-33-41-75(42-34-71)137-93-57-79(47-51-115-93)141-97(123)7-3)103-104-90(134-72-35-43-76(44-36-72)138-94-58-80(48-52-116-94)142-98(124)8-4)62-84-100-83(111(129)120(112(84)130)86(54-66-23-15-10-16-24-66)108(126)118-64-68-27-19-12-20-28-68)60-88(102(106(100)104)101(87)105(99)103)132-70-31-39-74(40-32-70)136-92-56-78(46-50-114-92)140-96(122)6-2/h5-52,55-62,85-86H,1-4,53-54,63-64H2,(H,117,125)(H,118,126). The van der Waals surface area contributed by atoms with E-state index in [1.165, 1.54) is 97.6 Å². The van der Waals surface area contributed by atoms with Crippen molar-refractivity contribution in [3.63, 3.8) is 0 Å². The van der Waals surface area contributed by atoms with Crippen molar-refractivity contribution in [1.29, 1.82) is 0 Å². The van der Waals surface area contributed by atoms with Crippen molar-refractivity contribution in [1.82, 2.24) is 40.4 Å². The highest BCUT2D eigenvalue weighted by Crippen LogP contribution is 2.59. The maximum atomic E-state index is 17.1. The van der Waals surface area contributed by atoms with Crippen LogP contribution in [0.15, 0.2) is 367 Å². The predicted molar refractivity (Wildman–Crippen MR) is 520 cm³/mol. The number of amides is 6. The Hall–Kier alpha value is -19.8. The van der Waals surface area contributed by atoms with Crippen LogP contribution in [0.25, 0.3) is 43.1 Å². The van der Waals surface area contributed by atoms with E-state index < -0.39 is 71.4 Å². The summed E-state index contributed by atoms with van der Waals surface area (Å²) in [4.78, 5) is 168. The van der Waals surface area contributed by atoms with E-state index >= 15 is 28.8 Å². The highest BCUT2D eigenvalue weighted by Gasteiger charge is 2.47. The monoisotopic (exact) mass is 1880 g/mol. The van der Waals surface area contributed by atoms with Gasteiger partial charge in [-0.05, 0) is 168 Å². The van der Waals surface area contributed by atoms with Gasteiger partial charge in [-0.15, -0.1) is 0 Å². The molecular formula is C112H76N8O22. The number of hydrogen-bond acceptors (Lipinski definition) is 26. The van der Waals surface area contributed by atoms with E-state index in [4.69, 9.17) is 56.8 Å². The van der Waals surface area contributed by atoms with Crippen LogP contribution in [0.1, 0.15) is 63.7 Å². The van der Waals surface area contributed by atoms with Crippen LogP contribution < -0.4 is 67.5 Å². The number of pyridine rings is 4. The number of benzene rings is 13. The second-order valence-corrected chi connectivity index (χ2v) is 32.0. The third-order valence-corrected chi connectivity index (χ3v) is 22.8. The van der Waals surface area contributed by atoms with Crippen molar-refractivity contribution in [2.24, 2.45) is 0 Å². The number of aromatic nitrogens is 4. The van der Waals surface area contributed by atoms with E-state index in [-0.39, 0.29) is 207 Å². The van der Waals surface area contributed by atoms with Crippen molar-refractivity contribution >= 4 is 102 Å². The lowest BCUT2D eigenvalue weighted by Crippen LogP contribution is -2.54. The lowest BCUT2D eigenvalue weighted by molar-refractivity contribution is -0.129. The number of fused-ring (bicyclic) bond motifs is 2. The number of carbonyl (C=O) groups excluding carboxylic acids is 10. The minimum absolute atomic E-state index is 0.0130. The molecule has 13 aromatic carbocycles. The molecule has 696 valence electrons. The predicted octanol–water partition coefficient (Wildman–Crippen LogP) is 21.1. The molecule has 2 aliphatic heterocycles. The third-order valence-electron chi connectivity index (χ3n) is 22.8. The van der Waals surface area contributed by atoms with E-state index in [0.717, 1.165) is 34.1 Å². The minimum Gasteiger partial charge on any atom is -0.457 e. The van der Waals surface area contributed by atoms with Crippen LogP contribution in [0.5, 0.6) is 116 Å². The van der Waals surface area contributed by atoms with Gasteiger partial charge in [0.2, 0.25) is 35.3 Å². The zero-order chi connectivity index (χ0) is 98.0. The summed E-state index contributed by atoms with van der Waals surface area (Å²) in [5.74, 6) is -7.51. The van der Waals surface area contributed by atoms with Crippen molar-refractivity contribution in [3.05, 3.63) is 411 Å². The summed E-state index contributed by atoms with van der Waals surface area (Å²) >= 11 is 0. The molecular weight excluding hydrogens is 1810 g/mol. The number of nitrogens with one attached hydrogen (secondary N) is 2. The highest BCUT2D eigenvalue weighted by atomic mass is 16.6. The van der Waals surface area contributed by atoms with Crippen LogP contribution in [0, 0.1) is 0 Å². The Kier molecular flexibility index (Phi) is 26.0. The van der Waals surface area contributed by atoms with E-state index in [2.05, 4.69) is 56.9 Å². The van der Waals surface area contributed by atoms with E-state index in [1.54, 1.807) is 182 Å². The van der Waals surface area contributed by atoms with Crippen LogP contribution in [0.4, 0.5) is 0 Å². The number of ether oxygens (including phenoxy) is 12. The van der Waals surface area contributed by atoms with Crippen LogP contribution in [-0.2, 0) is 54.7 Å². The lowest BCUT2D eigenvalue weighted by atomic mass is 9.80. The van der Waals surface area contributed by atoms with Gasteiger partial charge in [-0.25, -0.2) is 39.1 Å². The first-order valence-corrected chi connectivity index (χ1v) is 44.1. The molecule has 2 aliphatic rings. The molecule has 0 fully saturated rings. The number of imide groups is 2. The summed E-state index contributed by atoms with van der Waals surface area (Å²) in [6, 6.07) is 74.5. The Morgan fingerprint density at radius 1 is 0.261 bits per heavy atom. The first-order valence-electron chi connectivity index (χ1n) is 44.1. The van der Waals surface area contributed by atoms with Gasteiger partial charge in [-0.3, -0.25) is 38.6 Å². The molecule has 0 aliphatic carbocycles. The topological polar surface area (TPSA) is 364 Å².